The van der Waals surface area contributed by atoms with Gasteiger partial charge in [-0.05, 0) is 41.5 Å². The molecule has 1 heterocycles. The first kappa shape index (κ1) is 12.7. The van der Waals surface area contributed by atoms with Gasteiger partial charge in [-0.25, -0.2) is 0 Å². The highest BCUT2D eigenvalue weighted by atomic mass is 79.9. The number of rotatable bonds is 1. The third-order valence-electron chi connectivity index (χ3n) is 3.88. The van der Waals surface area contributed by atoms with Gasteiger partial charge in [0, 0.05) is 15.4 Å². The van der Waals surface area contributed by atoms with Crippen molar-refractivity contribution >= 4 is 37.7 Å². The van der Waals surface area contributed by atoms with Crippen LogP contribution in [0.3, 0.4) is 0 Å². The van der Waals surface area contributed by atoms with Crippen LogP contribution in [0.1, 0.15) is 5.56 Å². The van der Waals surface area contributed by atoms with Gasteiger partial charge in [-0.2, -0.15) is 0 Å². The molecule has 0 aliphatic carbocycles. The summed E-state index contributed by atoms with van der Waals surface area (Å²) in [6.07, 6.45) is 0. The van der Waals surface area contributed by atoms with Crippen LogP contribution in [0, 0.1) is 6.92 Å². The molecule has 4 rings (SSSR count). The van der Waals surface area contributed by atoms with Crippen molar-refractivity contribution in [2.45, 2.75) is 6.92 Å². The minimum Gasteiger partial charge on any atom is -0.456 e. The third-order valence-corrected chi connectivity index (χ3v) is 4.74. The fourth-order valence-electron chi connectivity index (χ4n) is 2.68. The monoisotopic (exact) mass is 336 g/mol. The average Bonchev–Trinajstić information content (AvgIpc) is 2.94. The number of hydrogen-bond acceptors (Lipinski definition) is 1. The molecule has 4 aromatic rings. The Balaban J connectivity index is 1.98. The topological polar surface area (TPSA) is 13.1 Å². The SMILES string of the molecule is Cc1ccc(-c2cc3c(ccc4ccccc43)o2)cc1Br. The molecular formula is C19H13BrO. The molecule has 0 N–H and O–H groups in total. The molecular weight excluding hydrogens is 324 g/mol. The molecule has 0 saturated heterocycles. The van der Waals surface area contributed by atoms with E-state index < -0.39 is 0 Å². The number of fused-ring (bicyclic) bond motifs is 3. The predicted molar refractivity (Wildman–Crippen MR) is 91.6 cm³/mol. The van der Waals surface area contributed by atoms with E-state index in [1.54, 1.807) is 0 Å². The van der Waals surface area contributed by atoms with Gasteiger partial charge < -0.3 is 4.42 Å². The minimum atomic E-state index is 0.905. The van der Waals surface area contributed by atoms with Gasteiger partial charge in [-0.3, -0.25) is 0 Å². The molecule has 2 heteroatoms. The van der Waals surface area contributed by atoms with Crippen LogP contribution in [0.5, 0.6) is 0 Å². The van der Waals surface area contributed by atoms with Crippen LogP contribution < -0.4 is 0 Å². The summed E-state index contributed by atoms with van der Waals surface area (Å²) in [5.41, 5.74) is 3.24. The molecule has 0 spiro atoms. The van der Waals surface area contributed by atoms with Crippen molar-refractivity contribution in [1.29, 1.82) is 0 Å². The van der Waals surface area contributed by atoms with Crippen LogP contribution >= 0.6 is 15.9 Å². The van der Waals surface area contributed by atoms with E-state index in [0.717, 1.165) is 21.4 Å². The van der Waals surface area contributed by atoms with Crippen molar-refractivity contribution in [3.05, 3.63) is 70.7 Å². The quantitative estimate of drug-likeness (QED) is 0.396. The second-order valence-electron chi connectivity index (χ2n) is 5.27. The molecule has 0 radical (unpaired) electrons. The van der Waals surface area contributed by atoms with Crippen LogP contribution in [0.2, 0.25) is 0 Å². The largest absolute Gasteiger partial charge is 0.456 e. The molecule has 0 atom stereocenters. The van der Waals surface area contributed by atoms with E-state index in [1.807, 2.05) is 6.07 Å². The van der Waals surface area contributed by atoms with Crippen molar-refractivity contribution in [1.82, 2.24) is 0 Å². The highest BCUT2D eigenvalue weighted by molar-refractivity contribution is 9.10. The predicted octanol–water partition coefficient (Wildman–Crippen LogP) is 6.32. The lowest BCUT2D eigenvalue weighted by atomic mass is 10.1. The summed E-state index contributed by atoms with van der Waals surface area (Å²) in [5, 5.41) is 3.64. The Bertz CT molecular complexity index is 966. The van der Waals surface area contributed by atoms with Crippen LogP contribution in [0.4, 0.5) is 0 Å². The van der Waals surface area contributed by atoms with Gasteiger partial charge in [0.25, 0.3) is 0 Å². The highest BCUT2D eigenvalue weighted by Gasteiger charge is 2.09. The Labute approximate surface area is 131 Å². The lowest BCUT2D eigenvalue weighted by Crippen LogP contribution is -1.78. The first-order chi connectivity index (χ1) is 10.2. The Morgan fingerprint density at radius 3 is 2.57 bits per heavy atom. The fraction of sp³-hybridized carbons (Fsp3) is 0.0526. The van der Waals surface area contributed by atoms with Gasteiger partial charge in [0.15, 0.2) is 0 Å². The van der Waals surface area contributed by atoms with Crippen molar-refractivity contribution in [2.24, 2.45) is 0 Å². The standard InChI is InChI=1S/C19H13BrO/c1-12-6-7-14(10-17(12)20)19-11-16-15-5-3-2-4-13(15)8-9-18(16)21-19/h2-11H,1H3. The summed E-state index contributed by atoms with van der Waals surface area (Å²) in [5.74, 6) is 0.905. The minimum absolute atomic E-state index is 0.905. The lowest BCUT2D eigenvalue weighted by molar-refractivity contribution is 0.631. The Morgan fingerprint density at radius 1 is 0.857 bits per heavy atom. The van der Waals surface area contributed by atoms with Crippen molar-refractivity contribution in [3.8, 4) is 11.3 Å². The Hall–Kier alpha value is -2.06. The zero-order valence-electron chi connectivity index (χ0n) is 11.6. The number of halogens is 1. The molecule has 0 unspecified atom stereocenters. The van der Waals surface area contributed by atoms with Crippen LogP contribution in [0.15, 0.2) is 69.6 Å². The Morgan fingerprint density at radius 2 is 1.71 bits per heavy atom. The molecule has 21 heavy (non-hydrogen) atoms. The molecule has 102 valence electrons. The van der Waals surface area contributed by atoms with Gasteiger partial charge in [-0.15, -0.1) is 0 Å². The summed E-state index contributed by atoms with van der Waals surface area (Å²) >= 11 is 3.59. The summed E-state index contributed by atoms with van der Waals surface area (Å²) in [6.45, 7) is 2.08. The van der Waals surface area contributed by atoms with Gasteiger partial charge >= 0.3 is 0 Å². The van der Waals surface area contributed by atoms with Gasteiger partial charge in [-0.1, -0.05) is 58.4 Å². The van der Waals surface area contributed by atoms with E-state index in [2.05, 4.69) is 77.5 Å². The van der Waals surface area contributed by atoms with E-state index in [4.69, 9.17) is 4.42 Å². The number of furan rings is 1. The number of benzene rings is 3. The molecule has 0 aliphatic heterocycles. The van der Waals surface area contributed by atoms with E-state index in [1.165, 1.54) is 21.7 Å². The van der Waals surface area contributed by atoms with Crippen LogP contribution in [-0.4, -0.2) is 0 Å². The third kappa shape index (κ3) is 2.07. The van der Waals surface area contributed by atoms with Crippen molar-refractivity contribution < 1.29 is 4.42 Å². The van der Waals surface area contributed by atoms with Gasteiger partial charge in [0.05, 0.1) is 0 Å². The summed E-state index contributed by atoms with van der Waals surface area (Å²) < 4.78 is 7.14. The molecule has 1 aromatic heterocycles. The second kappa shape index (κ2) is 4.74. The van der Waals surface area contributed by atoms with Crippen molar-refractivity contribution in [2.75, 3.05) is 0 Å². The second-order valence-corrected chi connectivity index (χ2v) is 6.13. The summed E-state index contributed by atoms with van der Waals surface area (Å²) in [7, 11) is 0. The summed E-state index contributed by atoms with van der Waals surface area (Å²) in [4.78, 5) is 0. The maximum absolute atomic E-state index is 6.04. The fourth-order valence-corrected chi connectivity index (χ4v) is 3.06. The van der Waals surface area contributed by atoms with Gasteiger partial charge in [0.2, 0.25) is 0 Å². The van der Waals surface area contributed by atoms with Gasteiger partial charge in [0.1, 0.15) is 11.3 Å². The molecule has 0 fully saturated rings. The van der Waals surface area contributed by atoms with E-state index >= 15 is 0 Å². The molecule has 0 bridgehead atoms. The van der Waals surface area contributed by atoms with Crippen molar-refractivity contribution in [3.63, 3.8) is 0 Å². The van der Waals surface area contributed by atoms with Crippen LogP contribution in [-0.2, 0) is 0 Å². The van der Waals surface area contributed by atoms with E-state index in [-0.39, 0.29) is 0 Å². The normalized spacial score (nSPS) is 11.3. The van der Waals surface area contributed by atoms with E-state index in [9.17, 15) is 0 Å². The first-order valence-corrected chi connectivity index (χ1v) is 7.69. The molecule has 0 aliphatic rings. The van der Waals surface area contributed by atoms with Crippen LogP contribution in [0.25, 0.3) is 33.1 Å². The number of aryl methyl sites for hydroxylation is 1. The summed E-state index contributed by atoms with van der Waals surface area (Å²) in [6, 6.07) is 21.0. The lowest BCUT2D eigenvalue weighted by Gasteiger charge is -2.00. The zero-order chi connectivity index (χ0) is 14.4. The van der Waals surface area contributed by atoms with E-state index in [0.29, 0.717) is 0 Å². The molecule has 3 aromatic carbocycles. The highest BCUT2D eigenvalue weighted by Crippen LogP contribution is 2.34. The maximum Gasteiger partial charge on any atom is 0.135 e. The smallest absolute Gasteiger partial charge is 0.135 e. The Kier molecular flexibility index (Phi) is 2.86. The maximum atomic E-state index is 6.04. The average molecular weight is 337 g/mol. The zero-order valence-corrected chi connectivity index (χ0v) is 13.1. The molecule has 1 nitrogen and oxygen atoms in total. The first-order valence-electron chi connectivity index (χ1n) is 6.90. The molecule has 0 saturated carbocycles. The molecule has 0 amide bonds. The number of hydrogen-bond donors (Lipinski definition) is 0.